The van der Waals surface area contributed by atoms with Gasteiger partial charge in [-0.3, -0.25) is 4.79 Å². The lowest BCUT2D eigenvalue weighted by Gasteiger charge is -2.11. The Morgan fingerprint density at radius 1 is 1.53 bits per heavy atom. The molecule has 3 N–H and O–H groups in total. The summed E-state index contributed by atoms with van der Waals surface area (Å²) in [5.41, 5.74) is 0.543. The molecule has 19 heavy (non-hydrogen) atoms. The molecular weight excluding hydrogens is 270 g/mol. The zero-order valence-electron chi connectivity index (χ0n) is 10.1. The highest BCUT2D eigenvalue weighted by Crippen LogP contribution is 2.20. The molecule has 0 fully saturated rings. The summed E-state index contributed by atoms with van der Waals surface area (Å²) in [6.07, 6.45) is 0. The minimum Gasteiger partial charge on any atom is -0.481 e. The van der Waals surface area contributed by atoms with Crippen LogP contribution in [-0.4, -0.2) is 23.7 Å². The summed E-state index contributed by atoms with van der Waals surface area (Å²) >= 11 is 5.77. The molecule has 1 rings (SSSR count). The van der Waals surface area contributed by atoms with E-state index in [9.17, 15) is 9.59 Å². The SMILES string of the molecule is CC(CNC(=O)Nc1cc(Cl)ccc1C#N)C(=O)O. The largest absolute Gasteiger partial charge is 0.481 e. The third-order valence-corrected chi connectivity index (χ3v) is 2.58. The number of hydrogen-bond acceptors (Lipinski definition) is 3. The summed E-state index contributed by atoms with van der Waals surface area (Å²) in [4.78, 5) is 22.1. The average Bonchev–Trinajstić information content (AvgIpc) is 2.36. The maximum Gasteiger partial charge on any atom is 0.319 e. The topological polar surface area (TPSA) is 102 Å². The molecule has 1 atom stereocenters. The second-order valence-electron chi connectivity index (χ2n) is 3.88. The standard InChI is InChI=1S/C12H12ClN3O3/c1-7(11(17)18)6-15-12(19)16-10-4-9(13)3-2-8(10)5-14/h2-4,7H,6H2,1H3,(H,17,18)(H2,15,16,19). The Kier molecular flexibility index (Phi) is 5.15. The monoisotopic (exact) mass is 281 g/mol. The molecule has 0 spiro atoms. The number of nitriles is 1. The Labute approximate surface area is 115 Å². The minimum absolute atomic E-state index is 0.0103. The Hall–Kier alpha value is -2.26. The van der Waals surface area contributed by atoms with Gasteiger partial charge in [-0.15, -0.1) is 0 Å². The quantitative estimate of drug-likeness (QED) is 0.786. The number of carbonyl (C=O) groups excluding carboxylic acids is 1. The summed E-state index contributed by atoms with van der Waals surface area (Å²) in [5.74, 6) is -1.69. The molecule has 0 saturated heterocycles. The molecule has 1 aromatic carbocycles. The number of urea groups is 1. The number of anilines is 1. The van der Waals surface area contributed by atoms with E-state index in [0.29, 0.717) is 5.02 Å². The first-order chi connectivity index (χ1) is 8.93. The fraction of sp³-hybridized carbons (Fsp3) is 0.250. The van der Waals surface area contributed by atoms with Crippen LogP contribution in [0.2, 0.25) is 5.02 Å². The fourth-order valence-electron chi connectivity index (χ4n) is 1.22. The molecular formula is C12H12ClN3O3. The van der Waals surface area contributed by atoms with Crippen molar-refractivity contribution in [1.29, 1.82) is 5.26 Å². The predicted octanol–water partition coefficient (Wildman–Crippen LogP) is 2.05. The summed E-state index contributed by atoms with van der Waals surface area (Å²) in [6.45, 7) is 1.46. The van der Waals surface area contributed by atoms with E-state index in [-0.39, 0.29) is 17.8 Å². The van der Waals surface area contributed by atoms with Crippen LogP contribution in [0.4, 0.5) is 10.5 Å². The number of nitrogens with one attached hydrogen (secondary N) is 2. The van der Waals surface area contributed by atoms with Gasteiger partial charge < -0.3 is 15.7 Å². The van der Waals surface area contributed by atoms with Crippen LogP contribution in [0.15, 0.2) is 18.2 Å². The molecule has 1 unspecified atom stereocenters. The van der Waals surface area contributed by atoms with Crippen molar-refractivity contribution in [3.63, 3.8) is 0 Å². The molecule has 0 heterocycles. The van der Waals surface area contributed by atoms with Gasteiger partial charge in [0.25, 0.3) is 0 Å². The van der Waals surface area contributed by atoms with Crippen LogP contribution in [0.5, 0.6) is 0 Å². The van der Waals surface area contributed by atoms with Gasteiger partial charge in [-0.1, -0.05) is 18.5 Å². The fourth-order valence-corrected chi connectivity index (χ4v) is 1.39. The maximum absolute atomic E-state index is 11.6. The van der Waals surface area contributed by atoms with E-state index in [2.05, 4.69) is 10.6 Å². The van der Waals surface area contributed by atoms with Crippen LogP contribution in [0.1, 0.15) is 12.5 Å². The van der Waals surface area contributed by atoms with Crippen molar-refractivity contribution in [2.45, 2.75) is 6.92 Å². The second kappa shape index (κ2) is 6.61. The van der Waals surface area contributed by atoms with Crippen LogP contribution in [0.25, 0.3) is 0 Å². The minimum atomic E-state index is -0.999. The first-order valence-corrected chi connectivity index (χ1v) is 5.79. The van der Waals surface area contributed by atoms with Crippen LogP contribution in [0.3, 0.4) is 0 Å². The van der Waals surface area contributed by atoms with Crippen molar-refractivity contribution < 1.29 is 14.7 Å². The zero-order valence-corrected chi connectivity index (χ0v) is 10.9. The van der Waals surface area contributed by atoms with E-state index in [0.717, 1.165) is 0 Å². The highest BCUT2D eigenvalue weighted by atomic mass is 35.5. The molecule has 0 bridgehead atoms. The second-order valence-corrected chi connectivity index (χ2v) is 4.31. The number of carbonyl (C=O) groups is 2. The van der Waals surface area contributed by atoms with Crippen molar-refractivity contribution in [3.05, 3.63) is 28.8 Å². The molecule has 6 nitrogen and oxygen atoms in total. The number of nitrogens with zero attached hydrogens (tertiary/aromatic N) is 1. The highest BCUT2D eigenvalue weighted by Gasteiger charge is 2.13. The number of aliphatic carboxylic acids is 1. The van der Waals surface area contributed by atoms with Crippen LogP contribution in [-0.2, 0) is 4.79 Å². The third kappa shape index (κ3) is 4.48. The van der Waals surface area contributed by atoms with Crippen molar-refractivity contribution in [2.24, 2.45) is 5.92 Å². The highest BCUT2D eigenvalue weighted by molar-refractivity contribution is 6.31. The molecule has 1 aromatic rings. The van der Waals surface area contributed by atoms with E-state index >= 15 is 0 Å². The predicted molar refractivity (Wildman–Crippen MR) is 70.0 cm³/mol. The summed E-state index contributed by atoms with van der Waals surface area (Å²) < 4.78 is 0. The number of halogens is 1. The number of amides is 2. The van der Waals surface area contributed by atoms with Crippen LogP contribution < -0.4 is 10.6 Å². The van der Waals surface area contributed by atoms with Crippen molar-refractivity contribution in [1.82, 2.24) is 5.32 Å². The number of rotatable bonds is 4. The lowest BCUT2D eigenvalue weighted by molar-refractivity contribution is -0.140. The van der Waals surface area contributed by atoms with E-state index in [1.807, 2.05) is 6.07 Å². The van der Waals surface area contributed by atoms with Crippen LogP contribution in [0, 0.1) is 17.2 Å². The van der Waals surface area contributed by atoms with Gasteiger partial charge in [0.2, 0.25) is 0 Å². The number of hydrogen-bond donors (Lipinski definition) is 3. The Balaban J connectivity index is 2.65. The normalized spacial score (nSPS) is 11.2. The average molecular weight is 282 g/mol. The Bertz CT molecular complexity index is 540. The molecule has 0 aliphatic rings. The molecule has 0 radical (unpaired) electrons. The van der Waals surface area contributed by atoms with Gasteiger partial charge in [0.1, 0.15) is 6.07 Å². The van der Waals surface area contributed by atoms with Gasteiger partial charge in [0.05, 0.1) is 17.2 Å². The lowest BCUT2D eigenvalue weighted by atomic mass is 10.2. The molecule has 7 heteroatoms. The lowest BCUT2D eigenvalue weighted by Crippen LogP contribution is -2.34. The van der Waals surface area contributed by atoms with E-state index in [4.69, 9.17) is 22.0 Å². The summed E-state index contributed by atoms with van der Waals surface area (Å²) in [7, 11) is 0. The first kappa shape index (κ1) is 14.8. The number of benzene rings is 1. The number of carboxylic acid groups (broad SMARTS) is 1. The molecule has 0 aliphatic heterocycles. The molecule has 100 valence electrons. The Morgan fingerprint density at radius 2 is 2.21 bits per heavy atom. The van der Waals surface area contributed by atoms with E-state index in [1.165, 1.54) is 25.1 Å². The van der Waals surface area contributed by atoms with E-state index < -0.39 is 17.9 Å². The van der Waals surface area contributed by atoms with Crippen molar-refractivity contribution >= 4 is 29.3 Å². The summed E-state index contributed by atoms with van der Waals surface area (Å²) in [5, 5.41) is 22.8. The van der Waals surface area contributed by atoms with Crippen molar-refractivity contribution in [3.8, 4) is 6.07 Å². The number of carboxylic acids is 1. The van der Waals surface area contributed by atoms with Gasteiger partial charge >= 0.3 is 12.0 Å². The van der Waals surface area contributed by atoms with Crippen molar-refractivity contribution in [2.75, 3.05) is 11.9 Å². The van der Waals surface area contributed by atoms with Gasteiger partial charge in [0, 0.05) is 11.6 Å². The zero-order chi connectivity index (χ0) is 14.4. The smallest absolute Gasteiger partial charge is 0.319 e. The van der Waals surface area contributed by atoms with Crippen LogP contribution >= 0.6 is 11.6 Å². The van der Waals surface area contributed by atoms with Gasteiger partial charge in [-0.2, -0.15) is 5.26 Å². The summed E-state index contributed by atoms with van der Waals surface area (Å²) in [6, 6.07) is 5.79. The Morgan fingerprint density at radius 3 is 2.79 bits per heavy atom. The molecule has 0 saturated carbocycles. The van der Waals surface area contributed by atoms with Gasteiger partial charge in [-0.05, 0) is 18.2 Å². The molecule has 0 aliphatic carbocycles. The van der Waals surface area contributed by atoms with Gasteiger partial charge in [-0.25, -0.2) is 4.79 Å². The maximum atomic E-state index is 11.6. The third-order valence-electron chi connectivity index (χ3n) is 2.34. The molecule has 2 amide bonds. The molecule has 0 aromatic heterocycles. The van der Waals surface area contributed by atoms with E-state index in [1.54, 1.807) is 0 Å². The first-order valence-electron chi connectivity index (χ1n) is 5.41. The van der Waals surface area contributed by atoms with Gasteiger partial charge in [0.15, 0.2) is 0 Å².